The first kappa shape index (κ1) is 14.7. The second-order valence-corrected chi connectivity index (χ2v) is 4.48. The Morgan fingerprint density at radius 3 is 2.81 bits per heavy atom. The van der Waals surface area contributed by atoms with Gasteiger partial charge in [-0.15, -0.1) is 0 Å². The fourth-order valence-electron chi connectivity index (χ4n) is 1.86. The molecule has 0 spiro atoms. The predicted octanol–water partition coefficient (Wildman–Crippen LogP) is 3.40. The number of nitrogens with zero attached hydrogens (tertiary/aromatic N) is 2. The normalized spacial score (nSPS) is 10.3. The molecule has 0 unspecified atom stereocenters. The van der Waals surface area contributed by atoms with Gasteiger partial charge in [-0.3, -0.25) is 4.98 Å². The summed E-state index contributed by atoms with van der Waals surface area (Å²) in [5, 5.41) is 11.1. The van der Waals surface area contributed by atoms with Gasteiger partial charge < -0.3 is 5.21 Å². The van der Waals surface area contributed by atoms with Crippen LogP contribution in [-0.4, -0.2) is 16.4 Å². The highest BCUT2D eigenvalue weighted by atomic mass is 19.1. The minimum atomic E-state index is -0.552. The molecule has 0 saturated heterocycles. The standard InChI is InChI=1S/C17H15FN2O/c18-16-11-15(12-19-17(16)13-20-21)10-6-2-5-9-14-7-3-1-4-8-14/h1,3-4,7-8,11-13,21H,2,5,9H2. The number of rotatable bonds is 4. The van der Waals surface area contributed by atoms with E-state index < -0.39 is 5.82 Å². The summed E-state index contributed by atoms with van der Waals surface area (Å²) in [5.74, 6) is 5.34. The lowest BCUT2D eigenvalue weighted by Crippen LogP contribution is -1.94. The van der Waals surface area contributed by atoms with Crippen molar-refractivity contribution in [1.82, 2.24) is 4.98 Å². The molecule has 0 fully saturated rings. The summed E-state index contributed by atoms with van der Waals surface area (Å²) in [4.78, 5) is 3.83. The fraction of sp³-hybridized carbons (Fsp3) is 0.176. The van der Waals surface area contributed by atoms with Gasteiger partial charge in [-0.25, -0.2) is 4.39 Å². The van der Waals surface area contributed by atoms with Crippen LogP contribution in [0.1, 0.15) is 29.7 Å². The van der Waals surface area contributed by atoms with Crippen molar-refractivity contribution in [1.29, 1.82) is 0 Å². The third-order valence-corrected chi connectivity index (χ3v) is 2.89. The molecule has 0 aliphatic heterocycles. The van der Waals surface area contributed by atoms with E-state index in [0.29, 0.717) is 5.56 Å². The minimum absolute atomic E-state index is 0.00729. The van der Waals surface area contributed by atoms with E-state index >= 15 is 0 Å². The van der Waals surface area contributed by atoms with Crippen molar-refractivity contribution < 1.29 is 9.60 Å². The summed E-state index contributed by atoms with van der Waals surface area (Å²) in [6.45, 7) is 0. The lowest BCUT2D eigenvalue weighted by molar-refractivity contribution is 0.321. The Labute approximate surface area is 123 Å². The first-order valence-electron chi connectivity index (χ1n) is 6.65. The van der Waals surface area contributed by atoms with E-state index in [0.717, 1.165) is 25.5 Å². The van der Waals surface area contributed by atoms with Crippen LogP contribution >= 0.6 is 0 Å². The zero-order valence-corrected chi connectivity index (χ0v) is 11.5. The van der Waals surface area contributed by atoms with Gasteiger partial charge in [0.05, 0.1) is 6.21 Å². The van der Waals surface area contributed by atoms with E-state index in [9.17, 15) is 4.39 Å². The highest BCUT2D eigenvalue weighted by molar-refractivity contribution is 5.76. The van der Waals surface area contributed by atoms with E-state index in [1.807, 2.05) is 18.2 Å². The molecule has 0 bridgehead atoms. The summed E-state index contributed by atoms with van der Waals surface area (Å²) in [6.07, 6.45) is 5.10. The number of halogens is 1. The molecule has 106 valence electrons. The quantitative estimate of drug-likeness (QED) is 0.307. The van der Waals surface area contributed by atoms with Gasteiger partial charge in [-0.1, -0.05) is 47.3 Å². The van der Waals surface area contributed by atoms with Gasteiger partial charge in [0.2, 0.25) is 0 Å². The zero-order chi connectivity index (χ0) is 14.9. The molecule has 1 aromatic carbocycles. The van der Waals surface area contributed by atoms with E-state index in [1.54, 1.807) is 0 Å². The molecule has 0 amide bonds. The molecule has 4 heteroatoms. The molecule has 0 aliphatic rings. The highest BCUT2D eigenvalue weighted by Gasteiger charge is 2.01. The molecule has 0 saturated carbocycles. The predicted molar refractivity (Wildman–Crippen MR) is 79.8 cm³/mol. The Bertz CT molecular complexity index is 672. The number of oxime groups is 1. The van der Waals surface area contributed by atoms with Crippen LogP contribution in [0.4, 0.5) is 4.39 Å². The van der Waals surface area contributed by atoms with Crippen LogP contribution in [0, 0.1) is 17.7 Å². The molecule has 1 heterocycles. The summed E-state index contributed by atoms with van der Waals surface area (Å²) < 4.78 is 13.5. The Kier molecular flexibility index (Phi) is 5.48. The molecule has 2 aromatic rings. The smallest absolute Gasteiger partial charge is 0.151 e. The van der Waals surface area contributed by atoms with Gasteiger partial charge in [0.25, 0.3) is 0 Å². The number of pyridine rings is 1. The zero-order valence-electron chi connectivity index (χ0n) is 11.5. The Morgan fingerprint density at radius 1 is 1.29 bits per heavy atom. The fourth-order valence-corrected chi connectivity index (χ4v) is 1.86. The van der Waals surface area contributed by atoms with Crippen molar-refractivity contribution in [2.45, 2.75) is 19.3 Å². The molecule has 2 rings (SSSR count). The number of unbranched alkanes of at least 4 members (excludes halogenated alkanes) is 1. The second-order valence-electron chi connectivity index (χ2n) is 4.48. The van der Waals surface area contributed by atoms with Crippen molar-refractivity contribution in [3.05, 3.63) is 65.2 Å². The molecule has 3 nitrogen and oxygen atoms in total. The van der Waals surface area contributed by atoms with E-state index in [1.165, 1.54) is 17.8 Å². The average Bonchev–Trinajstić information content (AvgIpc) is 2.51. The number of hydrogen-bond donors (Lipinski definition) is 1. The van der Waals surface area contributed by atoms with Crippen LogP contribution in [0.5, 0.6) is 0 Å². The van der Waals surface area contributed by atoms with Crippen LogP contribution < -0.4 is 0 Å². The molecular formula is C17H15FN2O. The minimum Gasteiger partial charge on any atom is -0.411 e. The van der Waals surface area contributed by atoms with Crippen molar-refractivity contribution >= 4 is 6.21 Å². The number of aryl methyl sites for hydroxylation is 1. The van der Waals surface area contributed by atoms with Gasteiger partial charge in [0, 0.05) is 18.2 Å². The van der Waals surface area contributed by atoms with E-state index in [2.05, 4.69) is 34.1 Å². The van der Waals surface area contributed by atoms with E-state index in [4.69, 9.17) is 5.21 Å². The maximum Gasteiger partial charge on any atom is 0.151 e. The van der Waals surface area contributed by atoms with Gasteiger partial charge in [-0.2, -0.15) is 0 Å². The molecule has 0 atom stereocenters. The number of aromatic nitrogens is 1. The molecular weight excluding hydrogens is 267 g/mol. The van der Waals surface area contributed by atoms with Gasteiger partial charge in [0.1, 0.15) is 5.69 Å². The molecule has 0 radical (unpaired) electrons. The Balaban J connectivity index is 1.87. The average molecular weight is 282 g/mol. The Hall–Kier alpha value is -2.67. The highest BCUT2D eigenvalue weighted by Crippen LogP contribution is 2.06. The first-order chi connectivity index (χ1) is 10.3. The summed E-state index contributed by atoms with van der Waals surface area (Å²) in [6, 6.07) is 11.5. The second kappa shape index (κ2) is 7.81. The van der Waals surface area contributed by atoms with E-state index in [-0.39, 0.29) is 5.69 Å². The van der Waals surface area contributed by atoms with Crippen LogP contribution in [0.25, 0.3) is 0 Å². The lowest BCUT2D eigenvalue weighted by atomic mass is 10.1. The summed E-state index contributed by atoms with van der Waals surface area (Å²) in [7, 11) is 0. The van der Waals surface area contributed by atoms with Gasteiger partial charge in [-0.05, 0) is 24.5 Å². The number of benzene rings is 1. The monoisotopic (exact) mass is 282 g/mol. The number of hydrogen-bond acceptors (Lipinski definition) is 3. The summed E-state index contributed by atoms with van der Waals surface area (Å²) >= 11 is 0. The van der Waals surface area contributed by atoms with Crippen molar-refractivity contribution in [2.24, 2.45) is 5.16 Å². The van der Waals surface area contributed by atoms with Crippen LogP contribution in [0.15, 0.2) is 47.8 Å². The molecule has 0 aliphatic carbocycles. The van der Waals surface area contributed by atoms with Crippen molar-refractivity contribution in [3.8, 4) is 11.8 Å². The molecule has 1 N–H and O–H groups in total. The summed E-state index contributed by atoms with van der Waals surface area (Å²) in [5.41, 5.74) is 1.80. The Morgan fingerprint density at radius 2 is 2.10 bits per heavy atom. The maximum atomic E-state index is 13.5. The van der Waals surface area contributed by atoms with Gasteiger partial charge >= 0.3 is 0 Å². The van der Waals surface area contributed by atoms with Gasteiger partial charge in [0.15, 0.2) is 5.82 Å². The largest absolute Gasteiger partial charge is 0.411 e. The topological polar surface area (TPSA) is 45.5 Å². The maximum absolute atomic E-state index is 13.5. The third-order valence-electron chi connectivity index (χ3n) is 2.89. The SMILES string of the molecule is ON=Cc1ncc(C#CCCCc2ccccc2)cc1F. The van der Waals surface area contributed by atoms with Crippen molar-refractivity contribution in [2.75, 3.05) is 0 Å². The van der Waals surface area contributed by atoms with Crippen LogP contribution in [-0.2, 0) is 6.42 Å². The van der Waals surface area contributed by atoms with Crippen LogP contribution in [0.3, 0.4) is 0 Å². The van der Waals surface area contributed by atoms with Crippen molar-refractivity contribution in [3.63, 3.8) is 0 Å². The molecule has 21 heavy (non-hydrogen) atoms. The third kappa shape index (κ3) is 4.73. The molecule has 1 aromatic heterocycles. The lowest BCUT2D eigenvalue weighted by Gasteiger charge is -1.97. The van der Waals surface area contributed by atoms with Crippen LogP contribution in [0.2, 0.25) is 0 Å². The first-order valence-corrected chi connectivity index (χ1v) is 6.65.